The van der Waals surface area contributed by atoms with Gasteiger partial charge in [0.2, 0.25) is 5.17 Å². The monoisotopic (exact) mass is 214 g/mol. The van der Waals surface area contributed by atoms with Crippen molar-refractivity contribution in [2.24, 2.45) is 10.7 Å². The van der Waals surface area contributed by atoms with E-state index in [4.69, 9.17) is 10.3 Å². The first-order valence-corrected chi connectivity index (χ1v) is 5.25. The summed E-state index contributed by atoms with van der Waals surface area (Å²) in [4.78, 5) is 3.52. The second-order valence-corrected chi connectivity index (χ2v) is 3.98. The maximum atomic E-state index is 10.5. The van der Waals surface area contributed by atoms with Gasteiger partial charge in [0.05, 0.1) is 6.54 Å². The maximum absolute atomic E-state index is 10.5. The molecule has 0 unspecified atom stereocenters. The minimum atomic E-state index is -4.35. The molecule has 1 aromatic carbocycles. The minimum Gasteiger partial charge on any atom is -0.372 e. The van der Waals surface area contributed by atoms with Crippen LogP contribution >= 0.6 is 0 Å². The van der Waals surface area contributed by atoms with Gasteiger partial charge in [-0.05, 0) is 5.56 Å². The van der Waals surface area contributed by atoms with Crippen molar-refractivity contribution in [3.63, 3.8) is 0 Å². The number of hydrogen-bond acceptors (Lipinski definition) is 3. The molecule has 0 spiro atoms. The summed E-state index contributed by atoms with van der Waals surface area (Å²) in [5.41, 5.74) is 5.83. The Hall–Kier alpha value is -1.40. The number of nitrogens with two attached hydrogens (primary N) is 1. The number of aliphatic imine (C=N–C) groups is 1. The average molecular weight is 214 g/mol. The van der Waals surface area contributed by atoms with Crippen LogP contribution in [-0.4, -0.2) is 18.1 Å². The number of amidine groups is 1. The fraction of sp³-hybridized carbons (Fsp3) is 0.125. The molecule has 0 saturated heterocycles. The van der Waals surface area contributed by atoms with Gasteiger partial charge in [-0.15, -0.1) is 0 Å². The molecule has 6 heteroatoms. The third-order valence-electron chi connectivity index (χ3n) is 1.52. The standard InChI is InChI=1S/C8H10N2O3S/c9-8(14(11,12)13)10-6-7-4-2-1-3-5-7/h1-5H,6H2,(H2,9,10)(H,11,12,13). The van der Waals surface area contributed by atoms with Gasteiger partial charge < -0.3 is 5.73 Å². The predicted octanol–water partition coefficient (Wildman–Crippen LogP) is 0.389. The quantitative estimate of drug-likeness (QED) is 0.423. The number of hydrogen-bond donors (Lipinski definition) is 2. The highest BCUT2D eigenvalue weighted by atomic mass is 32.2. The number of nitrogens with zero attached hydrogens (tertiary/aromatic N) is 1. The largest absolute Gasteiger partial charge is 0.372 e. The molecule has 0 aromatic heterocycles. The maximum Gasteiger partial charge on any atom is 0.327 e. The molecule has 5 nitrogen and oxygen atoms in total. The van der Waals surface area contributed by atoms with Gasteiger partial charge in [-0.3, -0.25) is 9.55 Å². The molecule has 0 saturated carbocycles. The highest BCUT2D eigenvalue weighted by molar-refractivity contribution is 8.01. The fourth-order valence-electron chi connectivity index (χ4n) is 0.834. The Morgan fingerprint density at radius 1 is 1.36 bits per heavy atom. The van der Waals surface area contributed by atoms with Crippen LogP contribution in [0.5, 0.6) is 0 Å². The van der Waals surface area contributed by atoms with Crippen LogP contribution in [0, 0.1) is 0 Å². The lowest BCUT2D eigenvalue weighted by Gasteiger charge is -1.97. The molecule has 1 rings (SSSR count). The summed E-state index contributed by atoms with van der Waals surface area (Å²) >= 11 is 0. The molecule has 0 fully saturated rings. The fourth-order valence-corrected chi connectivity index (χ4v) is 1.06. The van der Waals surface area contributed by atoms with Gasteiger partial charge >= 0.3 is 10.1 Å². The van der Waals surface area contributed by atoms with Crippen molar-refractivity contribution in [2.45, 2.75) is 6.54 Å². The van der Waals surface area contributed by atoms with Crippen molar-refractivity contribution in [3.8, 4) is 0 Å². The summed E-state index contributed by atoms with van der Waals surface area (Å²) in [6.07, 6.45) is 0. The molecular weight excluding hydrogens is 204 g/mol. The Bertz CT molecular complexity index is 425. The van der Waals surface area contributed by atoms with Gasteiger partial charge in [-0.25, -0.2) is 0 Å². The van der Waals surface area contributed by atoms with Crippen LogP contribution in [-0.2, 0) is 16.7 Å². The van der Waals surface area contributed by atoms with E-state index in [1.807, 2.05) is 6.07 Å². The molecule has 14 heavy (non-hydrogen) atoms. The van der Waals surface area contributed by atoms with E-state index in [1.165, 1.54) is 0 Å². The molecular formula is C8H10N2O3S. The summed E-state index contributed by atoms with van der Waals surface area (Å²) in [5.74, 6) is 0. The lowest BCUT2D eigenvalue weighted by molar-refractivity contribution is 0.497. The first-order chi connectivity index (χ1) is 6.50. The molecule has 0 heterocycles. The lowest BCUT2D eigenvalue weighted by Crippen LogP contribution is -2.23. The lowest BCUT2D eigenvalue weighted by atomic mass is 10.2. The summed E-state index contributed by atoms with van der Waals surface area (Å²) in [6, 6.07) is 8.99. The number of rotatable bonds is 2. The Morgan fingerprint density at radius 2 is 1.93 bits per heavy atom. The normalized spacial score (nSPS) is 12.8. The van der Waals surface area contributed by atoms with Gasteiger partial charge in [-0.2, -0.15) is 8.42 Å². The van der Waals surface area contributed by atoms with Crippen LogP contribution in [0.2, 0.25) is 0 Å². The van der Waals surface area contributed by atoms with Crippen LogP contribution < -0.4 is 5.73 Å². The van der Waals surface area contributed by atoms with Crippen molar-refractivity contribution in [3.05, 3.63) is 35.9 Å². The van der Waals surface area contributed by atoms with E-state index in [2.05, 4.69) is 4.99 Å². The van der Waals surface area contributed by atoms with E-state index in [1.54, 1.807) is 24.3 Å². The predicted molar refractivity (Wildman–Crippen MR) is 53.3 cm³/mol. The highest BCUT2D eigenvalue weighted by Gasteiger charge is 2.09. The van der Waals surface area contributed by atoms with E-state index in [0.29, 0.717) is 0 Å². The first kappa shape index (κ1) is 10.7. The van der Waals surface area contributed by atoms with Gasteiger partial charge in [-0.1, -0.05) is 30.3 Å². The molecule has 0 atom stereocenters. The van der Waals surface area contributed by atoms with Crippen molar-refractivity contribution in [1.82, 2.24) is 0 Å². The molecule has 3 N–H and O–H groups in total. The van der Waals surface area contributed by atoms with Crippen LogP contribution in [0.4, 0.5) is 0 Å². The van der Waals surface area contributed by atoms with E-state index in [9.17, 15) is 8.42 Å². The molecule has 1 aromatic rings. The van der Waals surface area contributed by atoms with E-state index in [0.717, 1.165) is 5.56 Å². The van der Waals surface area contributed by atoms with Crippen LogP contribution in [0.1, 0.15) is 5.56 Å². The van der Waals surface area contributed by atoms with Gasteiger partial charge in [0.1, 0.15) is 0 Å². The van der Waals surface area contributed by atoms with Crippen molar-refractivity contribution in [1.29, 1.82) is 0 Å². The topological polar surface area (TPSA) is 92.8 Å². The second-order valence-electron chi connectivity index (χ2n) is 2.62. The third kappa shape index (κ3) is 3.15. The Kier molecular flexibility index (Phi) is 3.21. The van der Waals surface area contributed by atoms with Gasteiger partial charge in [0.15, 0.2) is 0 Å². The molecule has 76 valence electrons. The summed E-state index contributed by atoms with van der Waals surface area (Å²) < 4.78 is 29.4. The molecule has 0 aliphatic carbocycles. The van der Waals surface area contributed by atoms with Crippen molar-refractivity contribution in [2.75, 3.05) is 0 Å². The molecule has 0 bridgehead atoms. The van der Waals surface area contributed by atoms with E-state index < -0.39 is 15.3 Å². The van der Waals surface area contributed by atoms with Crippen LogP contribution in [0.3, 0.4) is 0 Å². The summed E-state index contributed by atoms with van der Waals surface area (Å²) in [5, 5.41) is -0.763. The average Bonchev–Trinajstić information content (AvgIpc) is 2.14. The Balaban J connectivity index is 2.74. The first-order valence-electron chi connectivity index (χ1n) is 3.81. The van der Waals surface area contributed by atoms with Crippen molar-refractivity contribution >= 4 is 15.3 Å². The molecule has 0 amide bonds. The van der Waals surface area contributed by atoms with Crippen molar-refractivity contribution < 1.29 is 13.0 Å². The van der Waals surface area contributed by atoms with Gasteiger partial charge in [0, 0.05) is 0 Å². The highest BCUT2D eigenvalue weighted by Crippen LogP contribution is 2.00. The Labute approximate surface area is 82.0 Å². The molecule has 0 aliphatic rings. The number of benzene rings is 1. The van der Waals surface area contributed by atoms with Crippen LogP contribution in [0.25, 0.3) is 0 Å². The zero-order chi connectivity index (χ0) is 10.6. The van der Waals surface area contributed by atoms with Gasteiger partial charge in [0.25, 0.3) is 0 Å². The zero-order valence-corrected chi connectivity index (χ0v) is 8.11. The second kappa shape index (κ2) is 4.21. The van der Waals surface area contributed by atoms with Crippen LogP contribution in [0.15, 0.2) is 35.3 Å². The Morgan fingerprint density at radius 3 is 2.43 bits per heavy atom. The third-order valence-corrected chi connectivity index (χ3v) is 2.18. The molecule has 0 radical (unpaired) electrons. The zero-order valence-electron chi connectivity index (χ0n) is 7.29. The smallest absolute Gasteiger partial charge is 0.327 e. The summed E-state index contributed by atoms with van der Waals surface area (Å²) in [7, 11) is -4.35. The summed E-state index contributed by atoms with van der Waals surface area (Å²) in [6.45, 7) is 0.131. The van der Waals surface area contributed by atoms with E-state index in [-0.39, 0.29) is 6.54 Å². The SMILES string of the molecule is NC(=NCc1ccccc1)S(=O)(=O)O. The minimum absolute atomic E-state index is 0.131. The molecule has 0 aliphatic heterocycles. The van der Waals surface area contributed by atoms with E-state index >= 15 is 0 Å².